The van der Waals surface area contributed by atoms with Crippen LogP contribution in [-0.2, 0) is 28.9 Å². The Morgan fingerprint density at radius 1 is 1.15 bits per heavy atom. The number of aromatic nitrogens is 4. The van der Waals surface area contributed by atoms with Gasteiger partial charge in [0.05, 0.1) is 16.9 Å². The maximum atomic E-state index is 12.9. The lowest BCUT2D eigenvalue weighted by atomic mass is 9.89. The van der Waals surface area contributed by atoms with Crippen molar-refractivity contribution in [3.63, 3.8) is 0 Å². The predicted octanol–water partition coefficient (Wildman–Crippen LogP) is 4.15. The topological polar surface area (TPSA) is 114 Å². The monoisotopic (exact) mass is 487 g/mol. The van der Waals surface area contributed by atoms with E-state index in [0.717, 1.165) is 68.0 Å². The van der Waals surface area contributed by atoms with Gasteiger partial charge in [-0.25, -0.2) is 4.98 Å². The number of H-pyrrole nitrogens is 1. The minimum Gasteiger partial charge on any atom is -0.343 e. The fraction of sp³-hybridized carbons (Fsp3) is 0.609. The van der Waals surface area contributed by atoms with Gasteiger partial charge in [0.15, 0.2) is 5.82 Å². The largest absolute Gasteiger partial charge is 0.343 e. The van der Waals surface area contributed by atoms with Crippen LogP contribution >= 0.6 is 23.1 Å². The molecular formula is C23H29N5O3S2. The molecule has 0 atom stereocenters. The van der Waals surface area contributed by atoms with E-state index in [1.807, 2.05) is 0 Å². The van der Waals surface area contributed by atoms with Gasteiger partial charge in [0.25, 0.3) is 5.56 Å². The van der Waals surface area contributed by atoms with Gasteiger partial charge < -0.3 is 14.8 Å². The van der Waals surface area contributed by atoms with Crippen molar-refractivity contribution in [1.82, 2.24) is 25.4 Å². The number of aryl methyl sites for hydroxylation is 3. The molecule has 0 unspecified atom stereocenters. The number of carbonyl (C=O) groups is 1. The van der Waals surface area contributed by atoms with Gasteiger partial charge in [-0.3, -0.25) is 9.59 Å². The van der Waals surface area contributed by atoms with E-state index in [4.69, 9.17) is 9.51 Å². The van der Waals surface area contributed by atoms with Gasteiger partial charge in [-0.15, -0.1) is 23.1 Å². The highest BCUT2D eigenvalue weighted by Crippen LogP contribution is 2.35. The molecule has 3 aromatic rings. The van der Waals surface area contributed by atoms with Gasteiger partial charge in [0.1, 0.15) is 16.2 Å². The van der Waals surface area contributed by atoms with Crippen molar-refractivity contribution in [3.8, 4) is 0 Å². The number of amides is 1. The number of nitrogens with one attached hydrogen (secondary N) is 2. The third kappa shape index (κ3) is 4.73. The lowest BCUT2D eigenvalue weighted by molar-refractivity contribution is -0.120. The molecular weight excluding hydrogens is 458 g/mol. The lowest BCUT2D eigenvalue weighted by Crippen LogP contribution is -2.47. The molecule has 0 saturated heterocycles. The third-order valence-electron chi connectivity index (χ3n) is 6.64. The first kappa shape index (κ1) is 22.6. The number of thiophene rings is 1. The van der Waals surface area contributed by atoms with Crippen LogP contribution in [0.1, 0.15) is 79.3 Å². The van der Waals surface area contributed by atoms with Gasteiger partial charge in [0.2, 0.25) is 11.8 Å². The molecule has 0 spiro atoms. The second kappa shape index (κ2) is 9.58. The number of nitrogens with zero attached hydrogens (tertiary/aromatic N) is 3. The smallest absolute Gasteiger partial charge is 0.259 e. The molecule has 2 aliphatic rings. The van der Waals surface area contributed by atoms with Crippen LogP contribution in [0.15, 0.2) is 9.32 Å². The number of aromatic amines is 1. The number of carbonyl (C=O) groups excluding carboxylic acids is 1. The molecule has 176 valence electrons. The van der Waals surface area contributed by atoms with E-state index in [2.05, 4.69) is 20.4 Å². The summed E-state index contributed by atoms with van der Waals surface area (Å²) < 4.78 is 5.22. The normalized spacial score (nSPS) is 18.1. The molecule has 33 heavy (non-hydrogen) atoms. The summed E-state index contributed by atoms with van der Waals surface area (Å²) in [4.78, 5) is 39.9. The van der Waals surface area contributed by atoms with Gasteiger partial charge in [-0.05, 0) is 44.1 Å². The van der Waals surface area contributed by atoms with Gasteiger partial charge in [-0.1, -0.05) is 30.8 Å². The highest BCUT2D eigenvalue weighted by atomic mass is 32.2. The molecule has 0 aromatic carbocycles. The van der Waals surface area contributed by atoms with E-state index < -0.39 is 5.54 Å². The van der Waals surface area contributed by atoms with Gasteiger partial charge in [0, 0.05) is 11.8 Å². The zero-order valence-corrected chi connectivity index (χ0v) is 20.5. The Labute approximate surface area is 200 Å². The Kier molecular flexibility index (Phi) is 6.56. The van der Waals surface area contributed by atoms with Crippen molar-refractivity contribution >= 4 is 39.2 Å². The molecule has 3 heterocycles. The van der Waals surface area contributed by atoms with Gasteiger partial charge >= 0.3 is 0 Å². The average molecular weight is 488 g/mol. The summed E-state index contributed by atoms with van der Waals surface area (Å²) in [6.07, 6.45) is 10.3. The molecule has 2 aliphatic carbocycles. The maximum absolute atomic E-state index is 12.9. The summed E-state index contributed by atoms with van der Waals surface area (Å²) in [5.74, 6) is 2.43. The molecule has 1 fully saturated rings. The highest BCUT2D eigenvalue weighted by molar-refractivity contribution is 7.99. The van der Waals surface area contributed by atoms with Crippen molar-refractivity contribution < 1.29 is 9.32 Å². The molecule has 10 heteroatoms. The second-order valence-electron chi connectivity index (χ2n) is 9.08. The van der Waals surface area contributed by atoms with Crippen molar-refractivity contribution in [3.05, 3.63) is 38.3 Å². The third-order valence-corrected chi connectivity index (χ3v) is 8.77. The van der Waals surface area contributed by atoms with Crippen LogP contribution in [0.5, 0.6) is 0 Å². The Morgan fingerprint density at radius 3 is 2.70 bits per heavy atom. The first-order valence-electron chi connectivity index (χ1n) is 11.8. The fourth-order valence-electron chi connectivity index (χ4n) is 5.05. The van der Waals surface area contributed by atoms with Crippen LogP contribution in [0.2, 0.25) is 0 Å². The van der Waals surface area contributed by atoms with Crippen LogP contribution < -0.4 is 10.9 Å². The summed E-state index contributed by atoms with van der Waals surface area (Å²) >= 11 is 3.10. The quantitative estimate of drug-likeness (QED) is 0.502. The van der Waals surface area contributed by atoms with E-state index in [9.17, 15) is 9.59 Å². The van der Waals surface area contributed by atoms with Crippen LogP contribution in [0.3, 0.4) is 0 Å². The molecule has 8 nitrogen and oxygen atoms in total. The zero-order chi connectivity index (χ0) is 22.8. The van der Waals surface area contributed by atoms with Crippen molar-refractivity contribution in [2.45, 2.75) is 82.4 Å². The van der Waals surface area contributed by atoms with Crippen molar-refractivity contribution in [2.24, 2.45) is 0 Å². The highest BCUT2D eigenvalue weighted by Gasteiger charge is 2.38. The first-order valence-corrected chi connectivity index (χ1v) is 13.7. The standard InChI is InChI=1S/C23H29N5O3S2/c1-14-24-22(28-31-14)23(10-6-2-3-7-11-23)27-18(29)13-32-12-17-25-20(30)19-15-8-4-5-9-16(15)33-21(19)26-17/h2-13H2,1H3,(H,27,29)(H,25,26,30). The Morgan fingerprint density at radius 2 is 1.94 bits per heavy atom. The molecule has 1 saturated carbocycles. The number of hydrogen-bond donors (Lipinski definition) is 2. The Bertz CT molecular complexity index is 1210. The van der Waals surface area contributed by atoms with E-state index in [-0.39, 0.29) is 17.2 Å². The van der Waals surface area contributed by atoms with E-state index in [0.29, 0.717) is 23.3 Å². The lowest BCUT2D eigenvalue weighted by Gasteiger charge is -2.30. The fourth-order valence-corrected chi connectivity index (χ4v) is 7.02. The molecule has 5 rings (SSSR count). The van der Waals surface area contributed by atoms with E-state index >= 15 is 0 Å². The van der Waals surface area contributed by atoms with E-state index in [1.165, 1.54) is 28.6 Å². The molecule has 0 radical (unpaired) electrons. The summed E-state index contributed by atoms with van der Waals surface area (Å²) in [6.45, 7) is 1.77. The van der Waals surface area contributed by atoms with Crippen LogP contribution in [-0.4, -0.2) is 31.8 Å². The van der Waals surface area contributed by atoms with Gasteiger partial charge in [-0.2, -0.15) is 4.98 Å². The molecule has 3 aromatic heterocycles. The first-order chi connectivity index (χ1) is 16.0. The number of thioether (sulfide) groups is 1. The zero-order valence-electron chi connectivity index (χ0n) is 18.9. The minimum atomic E-state index is -0.562. The Hall–Kier alpha value is -2.20. The number of rotatable bonds is 6. The van der Waals surface area contributed by atoms with Crippen LogP contribution in [0.25, 0.3) is 10.2 Å². The predicted molar refractivity (Wildman–Crippen MR) is 130 cm³/mol. The molecule has 2 N–H and O–H groups in total. The number of hydrogen-bond acceptors (Lipinski definition) is 8. The van der Waals surface area contributed by atoms with Crippen LogP contribution in [0.4, 0.5) is 0 Å². The second-order valence-corrected chi connectivity index (χ2v) is 11.1. The molecule has 0 aliphatic heterocycles. The SMILES string of the molecule is Cc1nc(C2(NC(=O)CSCc3nc4sc5c(c4c(=O)[nH]3)CCCC5)CCCCCC2)no1. The van der Waals surface area contributed by atoms with Crippen molar-refractivity contribution in [1.29, 1.82) is 0 Å². The van der Waals surface area contributed by atoms with Crippen LogP contribution in [0, 0.1) is 6.92 Å². The minimum absolute atomic E-state index is 0.0515. The maximum Gasteiger partial charge on any atom is 0.259 e. The average Bonchev–Trinajstić information content (AvgIpc) is 3.31. The summed E-state index contributed by atoms with van der Waals surface area (Å²) in [6, 6.07) is 0. The van der Waals surface area contributed by atoms with Crippen molar-refractivity contribution in [2.75, 3.05) is 5.75 Å². The summed E-state index contributed by atoms with van der Waals surface area (Å²) in [5.41, 5.74) is 0.580. The van der Waals surface area contributed by atoms with E-state index in [1.54, 1.807) is 18.3 Å². The molecule has 0 bridgehead atoms. The molecule has 1 amide bonds. The Balaban J connectivity index is 1.25. The summed E-state index contributed by atoms with van der Waals surface area (Å²) in [5, 5.41) is 8.14. The summed E-state index contributed by atoms with van der Waals surface area (Å²) in [7, 11) is 0. The number of fused-ring (bicyclic) bond motifs is 3.